The third kappa shape index (κ3) is 2.88. The van der Waals surface area contributed by atoms with Crippen molar-refractivity contribution in [2.45, 2.75) is 25.9 Å². The number of guanidine groups is 1. The molecule has 0 spiro atoms. The minimum atomic E-state index is 0.400. The molecule has 1 aliphatic rings. The molecular formula is C9H19N3O. The number of nitrogens with two attached hydrogens (primary N) is 1. The van der Waals surface area contributed by atoms with Crippen molar-refractivity contribution in [1.29, 1.82) is 0 Å². The van der Waals surface area contributed by atoms with Gasteiger partial charge in [0.25, 0.3) is 0 Å². The maximum atomic E-state index is 5.56. The molecule has 1 aliphatic heterocycles. The second-order valence-corrected chi connectivity index (χ2v) is 3.36. The molecule has 4 nitrogen and oxygen atoms in total. The summed E-state index contributed by atoms with van der Waals surface area (Å²) in [5.41, 5.74) is 5.54. The minimum Gasteiger partial charge on any atom is -0.378 e. The van der Waals surface area contributed by atoms with E-state index in [0.29, 0.717) is 18.0 Å². The molecule has 0 amide bonds. The van der Waals surface area contributed by atoms with E-state index in [-0.39, 0.29) is 0 Å². The fourth-order valence-electron chi connectivity index (χ4n) is 1.69. The van der Waals surface area contributed by atoms with Crippen LogP contribution in [0.1, 0.15) is 19.8 Å². The van der Waals surface area contributed by atoms with E-state index >= 15 is 0 Å². The van der Waals surface area contributed by atoms with Crippen molar-refractivity contribution in [2.75, 3.05) is 20.2 Å². The molecule has 0 radical (unpaired) electrons. The molecule has 2 unspecified atom stereocenters. The highest BCUT2D eigenvalue weighted by Gasteiger charge is 2.26. The Balaban J connectivity index is 2.27. The van der Waals surface area contributed by atoms with Gasteiger partial charge in [0.15, 0.2) is 5.96 Å². The molecule has 76 valence electrons. The maximum Gasteiger partial charge on any atom is 0.188 e. The molecule has 1 heterocycles. The van der Waals surface area contributed by atoms with Crippen LogP contribution < -0.4 is 11.1 Å². The van der Waals surface area contributed by atoms with E-state index in [4.69, 9.17) is 10.5 Å². The van der Waals surface area contributed by atoms with Crippen LogP contribution in [0.2, 0.25) is 0 Å². The van der Waals surface area contributed by atoms with Gasteiger partial charge in [-0.15, -0.1) is 0 Å². The Hall–Kier alpha value is -0.770. The van der Waals surface area contributed by atoms with Crippen LogP contribution in [-0.2, 0) is 4.74 Å². The van der Waals surface area contributed by atoms with Crippen LogP contribution >= 0.6 is 0 Å². The van der Waals surface area contributed by atoms with Gasteiger partial charge in [-0.1, -0.05) is 6.92 Å². The van der Waals surface area contributed by atoms with Crippen molar-refractivity contribution in [3.63, 3.8) is 0 Å². The lowest BCUT2D eigenvalue weighted by Crippen LogP contribution is -2.37. The van der Waals surface area contributed by atoms with E-state index in [1.54, 1.807) is 7.05 Å². The predicted molar refractivity (Wildman–Crippen MR) is 53.7 cm³/mol. The zero-order chi connectivity index (χ0) is 9.68. The van der Waals surface area contributed by atoms with Crippen molar-refractivity contribution in [3.8, 4) is 0 Å². The van der Waals surface area contributed by atoms with Crippen LogP contribution in [0.4, 0.5) is 0 Å². The summed E-state index contributed by atoms with van der Waals surface area (Å²) in [5, 5.41) is 3.09. The van der Waals surface area contributed by atoms with Gasteiger partial charge in [-0.25, -0.2) is 0 Å². The van der Waals surface area contributed by atoms with Crippen LogP contribution in [0.15, 0.2) is 4.99 Å². The molecule has 3 N–H and O–H groups in total. The Kier molecular flexibility index (Phi) is 4.02. The first kappa shape index (κ1) is 10.3. The lowest BCUT2D eigenvalue weighted by atomic mass is 10.00. The first-order valence-corrected chi connectivity index (χ1v) is 4.85. The monoisotopic (exact) mass is 185 g/mol. The van der Waals surface area contributed by atoms with Gasteiger partial charge in [0, 0.05) is 26.1 Å². The Labute approximate surface area is 79.6 Å². The summed E-state index contributed by atoms with van der Waals surface area (Å²) in [6.07, 6.45) is 2.61. The fourth-order valence-corrected chi connectivity index (χ4v) is 1.69. The standard InChI is InChI=1S/C9H19N3O/c1-3-8-7(4-5-13-8)6-12-9(10)11-2/h7-8H,3-6H2,1-2H3,(H3,10,11,12). The molecule has 0 saturated carbocycles. The summed E-state index contributed by atoms with van der Waals surface area (Å²) in [7, 11) is 1.69. The summed E-state index contributed by atoms with van der Waals surface area (Å²) in [6.45, 7) is 3.91. The molecule has 0 aromatic carbocycles. The van der Waals surface area contributed by atoms with Crippen LogP contribution in [0, 0.1) is 5.92 Å². The number of nitrogens with zero attached hydrogens (tertiary/aromatic N) is 1. The number of ether oxygens (including phenoxy) is 1. The molecule has 13 heavy (non-hydrogen) atoms. The van der Waals surface area contributed by atoms with Gasteiger partial charge in [0.2, 0.25) is 0 Å². The van der Waals surface area contributed by atoms with Crippen molar-refractivity contribution in [1.82, 2.24) is 5.32 Å². The minimum absolute atomic E-state index is 0.400. The van der Waals surface area contributed by atoms with Crippen molar-refractivity contribution in [3.05, 3.63) is 0 Å². The number of aliphatic imine (C=N–C) groups is 1. The summed E-state index contributed by atoms with van der Waals surface area (Å²) in [5.74, 6) is 1.10. The van der Waals surface area contributed by atoms with E-state index in [1.807, 2.05) is 0 Å². The van der Waals surface area contributed by atoms with Gasteiger partial charge in [-0.05, 0) is 12.8 Å². The molecule has 1 saturated heterocycles. The molecule has 1 rings (SSSR count). The van der Waals surface area contributed by atoms with Gasteiger partial charge >= 0.3 is 0 Å². The Bertz CT molecular complexity index is 182. The Morgan fingerprint density at radius 3 is 3.08 bits per heavy atom. The number of nitrogens with one attached hydrogen (secondary N) is 1. The highest BCUT2D eigenvalue weighted by Crippen LogP contribution is 2.22. The van der Waals surface area contributed by atoms with Crippen LogP contribution in [0.3, 0.4) is 0 Å². The highest BCUT2D eigenvalue weighted by molar-refractivity contribution is 5.77. The van der Waals surface area contributed by atoms with Crippen molar-refractivity contribution < 1.29 is 4.74 Å². The average molecular weight is 185 g/mol. The molecule has 0 aromatic rings. The zero-order valence-corrected chi connectivity index (χ0v) is 8.42. The lowest BCUT2D eigenvalue weighted by Gasteiger charge is -2.17. The molecule has 4 heteroatoms. The molecule has 0 aromatic heterocycles. The second-order valence-electron chi connectivity index (χ2n) is 3.36. The SMILES string of the molecule is CCC1OCCC1CNC(N)=NC. The topological polar surface area (TPSA) is 59.6 Å². The quantitative estimate of drug-likeness (QED) is 0.492. The largest absolute Gasteiger partial charge is 0.378 e. The van der Waals surface area contributed by atoms with Gasteiger partial charge in [-0.3, -0.25) is 4.99 Å². The van der Waals surface area contributed by atoms with Crippen LogP contribution in [-0.4, -0.2) is 32.3 Å². The zero-order valence-electron chi connectivity index (χ0n) is 8.42. The van der Waals surface area contributed by atoms with Gasteiger partial charge in [0.1, 0.15) is 0 Å². The molecule has 1 fully saturated rings. The lowest BCUT2D eigenvalue weighted by molar-refractivity contribution is 0.0883. The molecule has 0 aliphatic carbocycles. The van der Waals surface area contributed by atoms with E-state index in [0.717, 1.165) is 26.0 Å². The first-order valence-electron chi connectivity index (χ1n) is 4.85. The summed E-state index contributed by atoms with van der Waals surface area (Å²) >= 11 is 0. The second kappa shape index (κ2) is 5.07. The maximum absolute atomic E-state index is 5.56. The van der Waals surface area contributed by atoms with Gasteiger partial charge in [0.05, 0.1) is 6.10 Å². The van der Waals surface area contributed by atoms with E-state index in [2.05, 4.69) is 17.2 Å². The normalized spacial score (nSPS) is 29.2. The van der Waals surface area contributed by atoms with Crippen molar-refractivity contribution in [2.24, 2.45) is 16.6 Å². The Morgan fingerprint density at radius 2 is 2.46 bits per heavy atom. The van der Waals surface area contributed by atoms with E-state index in [9.17, 15) is 0 Å². The Morgan fingerprint density at radius 1 is 1.69 bits per heavy atom. The third-order valence-electron chi connectivity index (χ3n) is 2.53. The smallest absolute Gasteiger partial charge is 0.188 e. The van der Waals surface area contributed by atoms with Crippen LogP contribution in [0.5, 0.6) is 0 Å². The molecule has 0 bridgehead atoms. The summed E-state index contributed by atoms with van der Waals surface area (Å²) in [4.78, 5) is 3.84. The highest BCUT2D eigenvalue weighted by atomic mass is 16.5. The molecule has 2 atom stereocenters. The first-order chi connectivity index (χ1) is 6.27. The summed E-state index contributed by atoms with van der Waals surface area (Å²) < 4.78 is 5.56. The average Bonchev–Trinajstić information content (AvgIpc) is 2.61. The van der Waals surface area contributed by atoms with E-state index in [1.165, 1.54) is 0 Å². The fraction of sp³-hybridized carbons (Fsp3) is 0.889. The predicted octanol–water partition coefficient (Wildman–Crippen LogP) is 0.336. The number of rotatable bonds is 3. The molecular weight excluding hydrogens is 166 g/mol. The number of hydrogen-bond acceptors (Lipinski definition) is 2. The third-order valence-corrected chi connectivity index (χ3v) is 2.53. The summed E-state index contributed by atoms with van der Waals surface area (Å²) in [6, 6.07) is 0. The number of hydrogen-bond donors (Lipinski definition) is 2. The van der Waals surface area contributed by atoms with Crippen molar-refractivity contribution >= 4 is 5.96 Å². The van der Waals surface area contributed by atoms with Gasteiger partial charge < -0.3 is 15.8 Å². The van der Waals surface area contributed by atoms with Crippen LogP contribution in [0.25, 0.3) is 0 Å². The van der Waals surface area contributed by atoms with E-state index < -0.39 is 0 Å². The van der Waals surface area contributed by atoms with Gasteiger partial charge in [-0.2, -0.15) is 0 Å².